The zero-order valence-corrected chi connectivity index (χ0v) is 3.75. The Bertz CT molecular complexity index is 32.7. The van der Waals surface area contributed by atoms with E-state index in [1.807, 2.05) is 0 Å². The van der Waals surface area contributed by atoms with Crippen LogP contribution in [0.4, 0.5) is 8.96 Å². The maximum absolute atomic E-state index is 10.8. The van der Waals surface area contributed by atoms with E-state index in [1.54, 1.807) is 0 Å². The third-order valence-electron chi connectivity index (χ3n) is 0.254. The van der Waals surface area contributed by atoms with Crippen LogP contribution in [0.5, 0.6) is 0 Å². The van der Waals surface area contributed by atoms with E-state index in [0.29, 0.717) is 0 Å². The molecule has 0 fully saturated rings. The first-order valence-corrected chi connectivity index (χ1v) is 1.96. The number of halogens is 3. The van der Waals surface area contributed by atoms with Gasteiger partial charge in [-0.05, 0) is 0 Å². The van der Waals surface area contributed by atoms with Crippen LogP contribution >= 0.6 is 11.6 Å². The summed E-state index contributed by atoms with van der Waals surface area (Å²) in [6, 6.07) is 0. The second-order valence-electron chi connectivity index (χ2n) is 0.716. The minimum absolute atomic E-state index is 0.0208. The number of nitrogens with zero attached hydrogens (tertiary/aromatic N) is 1. The second kappa shape index (κ2) is 3.31. The fraction of sp³-hybridized carbons (Fsp3) is 1.00. The molecule has 0 saturated heterocycles. The summed E-state index contributed by atoms with van der Waals surface area (Å²) in [7, 11) is 0. The Kier molecular flexibility index (Phi) is 3.37. The molecule has 0 amide bonds. The second-order valence-corrected chi connectivity index (χ2v) is 1.09. The highest BCUT2D eigenvalue weighted by atomic mass is 35.5. The molecule has 0 atom stereocenters. The first-order valence-electron chi connectivity index (χ1n) is 1.42. The molecule has 0 aliphatic carbocycles. The molecule has 0 aliphatic heterocycles. The van der Waals surface area contributed by atoms with Crippen molar-refractivity contribution in [3.8, 4) is 0 Å². The fourth-order valence-corrected chi connectivity index (χ4v) is 0.192. The average molecular weight is 116 g/mol. The Morgan fingerprint density at radius 3 is 2.00 bits per heavy atom. The van der Waals surface area contributed by atoms with Gasteiger partial charge in [0.05, 0.1) is 6.54 Å². The van der Waals surface area contributed by atoms with Crippen molar-refractivity contribution in [1.82, 2.24) is 5.34 Å². The van der Waals surface area contributed by atoms with E-state index in [-0.39, 0.29) is 12.4 Å². The van der Waals surface area contributed by atoms with Gasteiger partial charge in [-0.2, -0.15) is 0 Å². The van der Waals surface area contributed by atoms with Gasteiger partial charge in [0.25, 0.3) is 0 Å². The minimum Gasteiger partial charge on any atom is -0.125 e. The van der Waals surface area contributed by atoms with Crippen LogP contribution in [-0.2, 0) is 0 Å². The van der Waals surface area contributed by atoms with Crippen molar-refractivity contribution in [2.75, 3.05) is 12.4 Å². The molecule has 0 bridgehead atoms. The number of hydrogen-bond acceptors (Lipinski definition) is 1. The SMILES string of the molecule is FN(F)CCCl. The van der Waals surface area contributed by atoms with Crippen molar-refractivity contribution >= 4 is 11.6 Å². The zero-order valence-electron chi connectivity index (χ0n) is 3.00. The molecule has 0 rings (SSSR count). The van der Waals surface area contributed by atoms with Gasteiger partial charge in [-0.3, -0.25) is 0 Å². The third-order valence-corrected chi connectivity index (χ3v) is 0.423. The Balaban J connectivity index is 2.63. The van der Waals surface area contributed by atoms with Crippen molar-refractivity contribution in [1.29, 1.82) is 0 Å². The predicted molar refractivity (Wildman–Crippen MR) is 19.6 cm³/mol. The van der Waals surface area contributed by atoms with E-state index in [0.717, 1.165) is 0 Å². The minimum atomic E-state index is -0.951. The molecule has 0 aromatic rings. The number of alkyl halides is 1. The standard InChI is InChI=1S/C2H4ClF2N/c3-1-2-6(4)5/h1-2H2. The van der Waals surface area contributed by atoms with E-state index in [9.17, 15) is 8.96 Å². The molecule has 0 radical (unpaired) electrons. The lowest BCUT2D eigenvalue weighted by atomic mass is 10.8. The van der Waals surface area contributed by atoms with Crippen molar-refractivity contribution in [3.05, 3.63) is 0 Å². The molecule has 0 heterocycles. The number of rotatable bonds is 2. The Morgan fingerprint density at radius 1 is 1.50 bits per heavy atom. The summed E-state index contributed by atoms with van der Waals surface area (Å²) in [5, 5.41) is -0.951. The van der Waals surface area contributed by atoms with Crippen molar-refractivity contribution < 1.29 is 8.96 Å². The van der Waals surface area contributed by atoms with Crippen molar-refractivity contribution in [2.45, 2.75) is 0 Å². The third kappa shape index (κ3) is 4.11. The molecule has 0 aromatic carbocycles. The molecular weight excluding hydrogens is 111 g/mol. The van der Waals surface area contributed by atoms with Gasteiger partial charge in [0, 0.05) is 11.2 Å². The summed E-state index contributed by atoms with van der Waals surface area (Å²) in [6.45, 7) is -0.360. The maximum Gasteiger partial charge on any atom is 0.0755 e. The summed E-state index contributed by atoms with van der Waals surface area (Å²) in [6.07, 6.45) is 0. The van der Waals surface area contributed by atoms with Gasteiger partial charge < -0.3 is 0 Å². The van der Waals surface area contributed by atoms with Crippen LogP contribution in [0.3, 0.4) is 0 Å². The maximum atomic E-state index is 10.8. The summed E-state index contributed by atoms with van der Waals surface area (Å²) in [4.78, 5) is 0. The van der Waals surface area contributed by atoms with Gasteiger partial charge in [0.1, 0.15) is 0 Å². The van der Waals surface area contributed by atoms with Gasteiger partial charge >= 0.3 is 0 Å². The lowest BCUT2D eigenvalue weighted by Crippen LogP contribution is -2.02. The molecule has 0 aliphatic rings. The molecule has 0 saturated carbocycles. The Morgan fingerprint density at radius 2 is 2.00 bits per heavy atom. The Labute approximate surface area is 39.4 Å². The van der Waals surface area contributed by atoms with E-state index in [4.69, 9.17) is 11.6 Å². The lowest BCUT2D eigenvalue weighted by Gasteiger charge is -1.90. The normalized spacial score (nSPS) is 10.0. The molecule has 1 nitrogen and oxygen atoms in total. The molecular formula is C2H4ClF2N. The molecule has 0 unspecified atom stereocenters. The van der Waals surface area contributed by atoms with Crippen molar-refractivity contribution in [3.63, 3.8) is 0 Å². The Hall–Kier alpha value is 0.110. The molecule has 38 valence electrons. The monoisotopic (exact) mass is 115 g/mol. The van der Waals surface area contributed by atoms with Crippen LogP contribution < -0.4 is 0 Å². The summed E-state index contributed by atoms with van der Waals surface area (Å²) < 4.78 is 21.6. The van der Waals surface area contributed by atoms with Crippen LogP contribution in [0.1, 0.15) is 0 Å². The highest BCUT2D eigenvalue weighted by Gasteiger charge is 1.92. The molecule has 0 aromatic heterocycles. The first-order chi connectivity index (χ1) is 2.77. The average Bonchev–Trinajstić information content (AvgIpc) is 1.35. The van der Waals surface area contributed by atoms with Gasteiger partial charge in [0.15, 0.2) is 0 Å². The highest BCUT2D eigenvalue weighted by Crippen LogP contribution is 1.87. The largest absolute Gasteiger partial charge is 0.125 e. The van der Waals surface area contributed by atoms with Crippen LogP contribution in [0.25, 0.3) is 0 Å². The predicted octanol–water partition coefficient (Wildman–Crippen LogP) is 1.30. The smallest absolute Gasteiger partial charge is 0.0755 e. The molecule has 0 spiro atoms. The van der Waals surface area contributed by atoms with Gasteiger partial charge in [-0.1, -0.05) is 0 Å². The van der Waals surface area contributed by atoms with Gasteiger partial charge in [0.2, 0.25) is 0 Å². The van der Waals surface area contributed by atoms with Crippen LogP contribution in [0, 0.1) is 0 Å². The zero-order chi connectivity index (χ0) is 4.99. The van der Waals surface area contributed by atoms with Crippen LogP contribution in [0.2, 0.25) is 0 Å². The van der Waals surface area contributed by atoms with E-state index < -0.39 is 5.34 Å². The molecule has 6 heavy (non-hydrogen) atoms. The van der Waals surface area contributed by atoms with Crippen LogP contribution in [0.15, 0.2) is 0 Å². The number of hydrogen-bond donors (Lipinski definition) is 0. The fourth-order valence-electron chi connectivity index (χ4n) is 0.0639. The summed E-state index contributed by atoms with van der Waals surface area (Å²) in [5.74, 6) is -0.0208. The summed E-state index contributed by atoms with van der Waals surface area (Å²) >= 11 is 4.87. The van der Waals surface area contributed by atoms with Crippen LogP contribution in [-0.4, -0.2) is 17.8 Å². The van der Waals surface area contributed by atoms with Crippen molar-refractivity contribution in [2.24, 2.45) is 0 Å². The van der Waals surface area contributed by atoms with Gasteiger partial charge in [-0.15, -0.1) is 20.6 Å². The first kappa shape index (κ1) is 6.11. The quantitative estimate of drug-likeness (QED) is 0.387. The van der Waals surface area contributed by atoms with E-state index in [1.165, 1.54) is 0 Å². The highest BCUT2D eigenvalue weighted by molar-refractivity contribution is 6.18. The lowest BCUT2D eigenvalue weighted by molar-refractivity contribution is -0.147. The summed E-state index contributed by atoms with van der Waals surface area (Å²) in [5.41, 5.74) is 0. The van der Waals surface area contributed by atoms with Gasteiger partial charge in [-0.25, -0.2) is 0 Å². The molecule has 4 heteroatoms. The molecule has 0 N–H and O–H groups in total. The topological polar surface area (TPSA) is 3.24 Å². The van der Waals surface area contributed by atoms with E-state index >= 15 is 0 Å². The van der Waals surface area contributed by atoms with E-state index in [2.05, 4.69) is 0 Å².